The van der Waals surface area contributed by atoms with E-state index in [-0.39, 0.29) is 24.7 Å². The molecule has 6 nitrogen and oxygen atoms in total. The molecule has 6 heteroatoms. The molecule has 30 heavy (non-hydrogen) atoms. The number of hydrogen-bond donors (Lipinski definition) is 2. The Hall–Kier alpha value is -3.80. The van der Waals surface area contributed by atoms with Crippen LogP contribution in [0, 0.1) is 0 Å². The second-order valence-corrected chi connectivity index (χ2v) is 6.92. The molecule has 0 atom stereocenters. The fraction of sp³-hybridized carbons (Fsp3) is 0.167. The van der Waals surface area contributed by atoms with E-state index in [2.05, 4.69) is 0 Å². The molecule has 0 aromatic heterocycles. The number of carbonyl (C=O) groups is 2. The molecule has 0 saturated carbocycles. The van der Waals surface area contributed by atoms with Crippen molar-refractivity contribution in [1.82, 2.24) is 0 Å². The third-order valence-corrected chi connectivity index (χ3v) is 4.51. The van der Waals surface area contributed by atoms with Crippen molar-refractivity contribution in [3.63, 3.8) is 0 Å². The Kier molecular flexibility index (Phi) is 7.05. The smallest absolute Gasteiger partial charge is 0.221 e. The van der Waals surface area contributed by atoms with Gasteiger partial charge in [0.1, 0.15) is 24.7 Å². The lowest BCUT2D eigenvalue weighted by atomic mass is 10.1. The molecule has 0 aliphatic heterocycles. The number of primary amides is 2. The van der Waals surface area contributed by atoms with Crippen LogP contribution in [-0.4, -0.2) is 11.8 Å². The van der Waals surface area contributed by atoms with Gasteiger partial charge < -0.3 is 20.9 Å². The summed E-state index contributed by atoms with van der Waals surface area (Å²) in [5.74, 6) is 0.702. The summed E-state index contributed by atoms with van der Waals surface area (Å²) in [7, 11) is 0. The van der Waals surface area contributed by atoms with E-state index in [4.69, 9.17) is 20.9 Å². The first-order valence-electron chi connectivity index (χ1n) is 9.56. The van der Waals surface area contributed by atoms with Crippen LogP contribution >= 0.6 is 0 Å². The van der Waals surface area contributed by atoms with Crippen molar-refractivity contribution in [1.29, 1.82) is 0 Å². The third kappa shape index (κ3) is 6.38. The quantitative estimate of drug-likeness (QED) is 0.542. The first kappa shape index (κ1) is 20.9. The highest BCUT2D eigenvalue weighted by Gasteiger charge is 2.06. The lowest BCUT2D eigenvalue weighted by molar-refractivity contribution is -0.118. The summed E-state index contributed by atoms with van der Waals surface area (Å²) in [6.45, 7) is 0.790. The van der Waals surface area contributed by atoms with Gasteiger partial charge in [0.15, 0.2) is 0 Å². The van der Waals surface area contributed by atoms with E-state index >= 15 is 0 Å². The minimum atomic E-state index is -0.361. The lowest BCUT2D eigenvalue weighted by Crippen LogP contribution is -2.13. The Morgan fingerprint density at radius 2 is 0.967 bits per heavy atom. The molecular formula is C24H24N2O4. The zero-order valence-corrected chi connectivity index (χ0v) is 16.5. The molecule has 0 saturated heterocycles. The van der Waals surface area contributed by atoms with Crippen molar-refractivity contribution in [2.75, 3.05) is 0 Å². The average molecular weight is 404 g/mol. The standard InChI is InChI=1S/C24H24N2O4/c25-23(27)13-17-5-9-21(10-6-17)29-15-19-3-1-2-4-20(19)16-30-22-11-7-18(8-12-22)14-24(26)28/h1-12H,13-16H2,(H2,25,27)(H2,26,28). The SMILES string of the molecule is NC(=O)Cc1ccc(OCc2ccccc2COc2ccc(CC(N)=O)cc2)cc1. The van der Waals surface area contributed by atoms with Crippen LogP contribution in [0.2, 0.25) is 0 Å². The van der Waals surface area contributed by atoms with Gasteiger partial charge >= 0.3 is 0 Å². The molecule has 3 aromatic carbocycles. The lowest BCUT2D eigenvalue weighted by Gasteiger charge is -2.13. The number of benzene rings is 3. The fourth-order valence-electron chi connectivity index (χ4n) is 2.97. The van der Waals surface area contributed by atoms with E-state index in [9.17, 15) is 9.59 Å². The number of nitrogens with two attached hydrogens (primary N) is 2. The van der Waals surface area contributed by atoms with Gasteiger partial charge in [-0.3, -0.25) is 9.59 Å². The molecule has 4 N–H and O–H groups in total. The van der Waals surface area contributed by atoms with Crippen molar-refractivity contribution in [3.8, 4) is 11.5 Å². The Bertz CT molecular complexity index is 916. The van der Waals surface area contributed by atoms with Crippen LogP contribution in [0.4, 0.5) is 0 Å². The minimum absolute atomic E-state index is 0.212. The van der Waals surface area contributed by atoms with Crippen molar-refractivity contribution >= 4 is 11.8 Å². The number of rotatable bonds is 10. The van der Waals surface area contributed by atoms with Crippen molar-refractivity contribution in [3.05, 3.63) is 95.1 Å². The second-order valence-electron chi connectivity index (χ2n) is 6.92. The summed E-state index contributed by atoms with van der Waals surface area (Å²) in [6, 6.07) is 22.5. The van der Waals surface area contributed by atoms with E-state index in [1.54, 1.807) is 0 Å². The largest absolute Gasteiger partial charge is 0.489 e. The molecule has 0 aliphatic rings. The molecule has 2 amide bonds. The van der Waals surface area contributed by atoms with Crippen molar-refractivity contribution in [2.45, 2.75) is 26.1 Å². The number of ether oxygens (including phenoxy) is 2. The van der Waals surface area contributed by atoms with Gasteiger partial charge in [-0.1, -0.05) is 48.5 Å². The van der Waals surface area contributed by atoms with E-state index in [0.717, 1.165) is 22.3 Å². The van der Waals surface area contributed by atoms with E-state index in [0.29, 0.717) is 24.7 Å². The van der Waals surface area contributed by atoms with Gasteiger partial charge in [-0.15, -0.1) is 0 Å². The van der Waals surface area contributed by atoms with Gasteiger partial charge in [-0.25, -0.2) is 0 Å². The Morgan fingerprint density at radius 3 is 1.30 bits per heavy atom. The maximum absolute atomic E-state index is 11.0. The number of carbonyl (C=O) groups excluding carboxylic acids is 2. The van der Waals surface area contributed by atoms with Crippen LogP contribution in [0.5, 0.6) is 11.5 Å². The molecule has 0 unspecified atom stereocenters. The topological polar surface area (TPSA) is 105 Å². The molecule has 0 bridgehead atoms. The van der Waals surface area contributed by atoms with Crippen LogP contribution in [0.3, 0.4) is 0 Å². The van der Waals surface area contributed by atoms with E-state index < -0.39 is 0 Å². The first-order valence-corrected chi connectivity index (χ1v) is 9.56. The maximum atomic E-state index is 11.0. The van der Waals surface area contributed by atoms with E-state index in [1.807, 2.05) is 72.8 Å². The number of amides is 2. The van der Waals surface area contributed by atoms with Gasteiger partial charge in [0, 0.05) is 0 Å². The highest BCUT2D eigenvalue weighted by molar-refractivity contribution is 5.77. The molecule has 0 aliphatic carbocycles. The van der Waals surface area contributed by atoms with Gasteiger partial charge in [0.2, 0.25) is 11.8 Å². The normalized spacial score (nSPS) is 10.4. The highest BCUT2D eigenvalue weighted by atomic mass is 16.5. The van der Waals surface area contributed by atoms with Gasteiger partial charge in [0.05, 0.1) is 12.8 Å². The molecular weight excluding hydrogens is 380 g/mol. The zero-order chi connectivity index (χ0) is 21.3. The van der Waals surface area contributed by atoms with Crippen molar-refractivity contribution < 1.29 is 19.1 Å². The molecule has 0 heterocycles. The minimum Gasteiger partial charge on any atom is -0.489 e. The van der Waals surface area contributed by atoms with Gasteiger partial charge in [-0.2, -0.15) is 0 Å². The summed E-state index contributed by atoms with van der Waals surface area (Å²) < 4.78 is 11.8. The summed E-state index contributed by atoms with van der Waals surface area (Å²) >= 11 is 0. The summed E-state index contributed by atoms with van der Waals surface area (Å²) in [6.07, 6.45) is 0.425. The molecule has 154 valence electrons. The first-order chi connectivity index (χ1) is 14.5. The van der Waals surface area contributed by atoms with Gasteiger partial charge in [0.25, 0.3) is 0 Å². The summed E-state index contributed by atoms with van der Waals surface area (Å²) in [5, 5.41) is 0. The predicted octanol–water partition coefficient (Wildman–Crippen LogP) is 2.90. The third-order valence-electron chi connectivity index (χ3n) is 4.51. The van der Waals surface area contributed by atoms with Crippen LogP contribution in [0.15, 0.2) is 72.8 Å². The second kappa shape index (κ2) is 10.1. The molecule has 0 fully saturated rings. The Balaban J connectivity index is 1.57. The Morgan fingerprint density at radius 1 is 0.600 bits per heavy atom. The van der Waals surface area contributed by atoms with Gasteiger partial charge in [-0.05, 0) is 46.5 Å². The van der Waals surface area contributed by atoms with Crippen molar-refractivity contribution in [2.24, 2.45) is 11.5 Å². The molecule has 0 radical (unpaired) electrons. The average Bonchev–Trinajstić information content (AvgIpc) is 2.72. The predicted molar refractivity (Wildman–Crippen MR) is 114 cm³/mol. The van der Waals surface area contributed by atoms with Crippen LogP contribution in [0.1, 0.15) is 22.3 Å². The highest BCUT2D eigenvalue weighted by Crippen LogP contribution is 2.19. The maximum Gasteiger partial charge on any atom is 0.221 e. The summed E-state index contributed by atoms with van der Waals surface area (Å²) in [4.78, 5) is 22.0. The van der Waals surface area contributed by atoms with Crippen LogP contribution < -0.4 is 20.9 Å². The fourth-order valence-corrected chi connectivity index (χ4v) is 2.97. The zero-order valence-electron chi connectivity index (χ0n) is 16.5. The molecule has 0 spiro atoms. The molecule has 3 aromatic rings. The van der Waals surface area contributed by atoms with E-state index in [1.165, 1.54) is 0 Å². The molecule has 3 rings (SSSR count). The number of hydrogen-bond acceptors (Lipinski definition) is 4. The van der Waals surface area contributed by atoms with Crippen LogP contribution in [0.25, 0.3) is 0 Å². The Labute approximate surface area is 175 Å². The monoisotopic (exact) mass is 404 g/mol. The summed E-state index contributed by atoms with van der Waals surface area (Å²) in [5.41, 5.74) is 14.2. The van der Waals surface area contributed by atoms with Crippen LogP contribution in [-0.2, 0) is 35.6 Å².